The number of carbonyl (C=O) groups excluding carboxylic acids is 3. The zero-order valence-corrected chi connectivity index (χ0v) is 21.1. The smallest absolute Gasteiger partial charge is 0.410 e. The fourth-order valence-corrected chi connectivity index (χ4v) is 6.23. The van der Waals surface area contributed by atoms with Gasteiger partial charge in [-0.15, -0.1) is 0 Å². The lowest BCUT2D eigenvalue weighted by Gasteiger charge is -2.33. The minimum Gasteiger partial charge on any atom is -0.445 e. The van der Waals surface area contributed by atoms with Gasteiger partial charge in [-0.25, -0.2) is 4.79 Å². The monoisotopic (exact) mass is 504 g/mol. The maximum atomic E-state index is 13.6. The Morgan fingerprint density at radius 1 is 0.919 bits per heavy atom. The molecular formula is C29H36N4O4. The predicted molar refractivity (Wildman–Crippen MR) is 140 cm³/mol. The fraction of sp³-hybridized carbons (Fsp3) is 0.483. The number of amides is 3. The second-order valence-corrected chi connectivity index (χ2v) is 10.5. The molecule has 2 aromatic rings. The summed E-state index contributed by atoms with van der Waals surface area (Å²) in [4.78, 5) is 43.7. The molecule has 0 radical (unpaired) electrons. The van der Waals surface area contributed by atoms with Crippen LogP contribution in [0.2, 0.25) is 0 Å². The number of hydrogen-bond donors (Lipinski definition) is 2. The average Bonchev–Trinajstić information content (AvgIpc) is 3.53. The lowest BCUT2D eigenvalue weighted by Crippen LogP contribution is -2.53. The standard InChI is InChI=1S/C29H36N4O4/c30-25(21-12-6-2-7-13-21)28(35)32-17-16-24-26(32)23(27(34)31-22-14-8-3-9-15-22)18-33(24)29(36)37-19-20-10-4-1-5-11-20/h1,3-5,8-11,14-15,21,23-26H,2,6-7,12-13,16-19,30H2,(H,31,34). The van der Waals surface area contributed by atoms with Crippen molar-refractivity contribution in [1.29, 1.82) is 0 Å². The maximum absolute atomic E-state index is 13.6. The van der Waals surface area contributed by atoms with E-state index < -0.39 is 24.1 Å². The summed E-state index contributed by atoms with van der Waals surface area (Å²) in [5, 5.41) is 2.98. The highest BCUT2D eigenvalue weighted by molar-refractivity contribution is 5.95. The van der Waals surface area contributed by atoms with Crippen molar-refractivity contribution in [2.24, 2.45) is 17.6 Å². The van der Waals surface area contributed by atoms with Gasteiger partial charge in [0, 0.05) is 18.8 Å². The zero-order chi connectivity index (χ0) is 25.8. The molecule has 3 fully saturated rings. The number of fused-ring (bicyclic) bond motifs is 1. The van der Waals surface area contributed by atoms with Crippen molar-refractivity contribution in [3.8, 4) is 0 Å². The van der Waals surface area contributed by atoms with Gasteiger partial charge in [0.1, 0.15) is 6.61 Å². The third kappa shape index (κ3) is 5.49. The third-order valence-corrected chi connectivity index (χ3v) is 8.17. The number of nitrogens with zero attached hydrogens (tertiary/aromatic N) is 2. The van der Waals surface area contributed by atoms with Crippen molar-refractivity contribution in [2.45, 2.75) is 63.3 Å². The van der Waals surface area contributed by atoms with Crippen LogP contribution in [0, 0.1) is 11.8 Å². The first kappa shape index (κ1) is 25.3. The van der Waals surface area contributed by atoms with E-state index in [4.69, 9.17) is 10.5 Å². The van der Waals surface area contributed by atoms with E-state index in [1.165, 1.54) is 6.42 Å². The van der Waals surface area contributed by atoms with Crippen LogP contribution in [-0.2, 0) is 20.9 Å². The van der Waals surface area contributed by atoms with E-state index in [1.54, 1.807) is 9.80 Å². The van der Waals surface area contributed by atoms with Gasteiger partial charge in [-0.3, -0.25) is 9.59 Å². The second kappa shape index (κ2) is 11.3. The van der Waals surface area contributed by atoms with Crippen LogP contribution in [0.1, 0.15) is 44.1 Å². The van der Waals surface area contributed by atoms with Gasteiger partial charge in [0.05, 0.1) is 24.0 Å². The summed E-state index contributed by atoms with van der Waals surface area (Å²) >= 11 is 0. The van der Waals surface area contributed by atoms with E-state index in [1.807, 2.05) is 60.7 Å². The molecule has 5 rings (SSSR count). The normalized spacial score (nSPS) is 24.4. The molecule has 3 N–H and O–H groups in total. The van der Waals surface area contributed by atoms with Gasteiger partial charge in [0.25, 0.3) is 0 Å². The van der Waals surface area contributed by atoms with E-state index in [-0.39, 0.29) is 36.9 Å². The van der Waals surface area contributed by atoms with Crippen LogP contribution < -0.4 is 11.1 Å². The van der Waals surface area contributed by atoms with Crippen LogP contribution in [0.25, 0.3) is 0 Å². The molecule has 8 nitrogen and oxygen atoms in total. The van der Waals surface area contributed by atoms with Crippen molar-refractivity contribution in [3.05, 3.63) is 66.2 Å². The molecular weight excluding hydrogens is 468 g/mol. The van der Waals surface area contributed by atoms with E-state index in [2.05, 4.69) is 5.32 Å². The van der Waals surface area contributed by atoms with Crippen molar-refractivity contribution >= 4 is 23.6 Å². The summed E-state index contributed by atoms with van der Waals surface area (Å²) in [6.45, 7) is 0.833. The van der Waals surface area contributed by atoms with Crippen LogP contribution in [0.3, 0.4) is 0 Å². The Hall–Kier alpha value is -3.39. The number of rotatable bonds is 6. The first-order valence-corrected chi connectivity index (χ1v) is 13.4. The molecule has 8 heteroatoms. The van der Waals surface area contributed by atoms with Gasteiger partial charge in [-0.05, 0) is 42.9 Å². The van der Waals surface area contributed by atoms with Gasteiger partial charge < -0.3 is 25.6 Å². The number of hydrogen-bond acceptors (Lipinski definition) is 5. The molecule has 1 aliphatic carbocycles. The Labute approximate surface area is 218 Å². The number of para-hydroxylation sites is 1. The molecule has 2 saturated heterocycles. The molecule has 4 atom stereocenters. The SMILES string of the molecule is NC(C(=O)N1CCC2C1C(C(=O)Nc1ccccc1)CN2C(=O)OCc1ccccc1)C1CCCCC1. The Morgan fingerprint density at radius 3 is 2.30 bits per heavy atom. The van der Waals surface area contributed by atoms with Gasteiger partial charge >= 0.3 is 6.09 Å². The number of carbonyl (C=O) groups is 3. The molecule has 1 saturated carbocycles. The van der Waals surface area contributed by atoms with Crippen LogP contribution in [-0.4, -0.2) is 58.9 Å². The van der Waals surface area contributed by atoms with Crippen molar-refractivity contribution in [2.75, 3.05) is 18.4 Å². The first-order valence-electron chi connectivity index (χ1n) is 13.4. The molecule has 0 bridgehead atoms. The van der Waals surface area contributed by atoms with Gasteiger partial charge in [0.2, 0.25) is 11.8 Å². The van der Waals surface area contributed by atoms with E-state index >= 15 is 0 Å². The Bertz CT molecular complexity index is 1090. The molecule has 4 unspecified atom stereocenters. The molecule has 3 amide bonds. The highest BCUT2D eigenvalue weighted by Gasteiger charge is 2.55. The fourth-order valence-electron chi connectivity index (χ4n) is 6.23. The lowest BCUT2D eigenvalue weighted by molar-refractivity contribution is -0.136. The van der Waals surface area contributed by atoms with Crippen molar-refractivity contribution in [1.82, 2.24) is 9.80 Å². The minimum atomic E-state index is -0.573. The molecule has 3 aliphatic rings. The van der Waals surface area contributed by atoms with Gasteiger partial charge in [-0.1, -0.05) is 67.8 Å². The van der Waals surface area contributed by atoms with Crippen molar-refractivity contribution in [3.63, 3.8) is 0 Å². The summed E-state index contributed by atoms with van der Waals surface area (Å²) in [5.41, 5.74) is 8.09. The molecule has 37 heavy (non-hydrogen) atoms. The lowest BCUT2D eigenvalue weighted by atomic mass is 9.83. The quantitative estimate of drug-likeness (QED) is 0.623. The minimum absolute atomic E-state index is 0.101. The molecule has 0 spiro atoms. The molecule has 2 heterocycles. The summed E-state index contributed by atoms with van der Waals surface area (Å²) in [7, 11) is 0. The highest BCUT2D eigenvalue weighted by Crippen LogP contribution is 2.38. The van der Waals surface area contributed by atoms with E-state index in [9.17, 15) is 14.4 Å². The Balaban J connectivity index is 1.34. The van der Waals surface area contributed by atoms with E-state index in [0.717, 1.165) is 31.2 Å². The van der Waals surface area contributed by atoms with Gasteiger partial charge in [-0.2, -0.15) is 0 Å². The summed E-state index contributed by atoms with van der Waals surface area (Å²) in [5.74, 6) is -0.702. The van der Waals surface area contributed by atoms with Crippen LogP contribution in [0.5, 0.6) is 0 Å². The topological polar surface area (TPSA) is 105 Å². The average molecular weight is 505 g/mol. The number of benzene rings is 2. The molecule has 2 aliphatic heterocycles. The number of likely N-dealkylation sites (tertiary alicyclic amines) is 2. The van der Waals surface area contributed by atoms with Crippen LogP contribution in [0.15, 0.2) is 60.7 Å². The summed E-state index contributed by atoms with van der Waals surface area (Å²) in [6, 6.07) is 17.5. The summed E-state index contributed by atoms with van der Waals surface area (Å²) in [6.07, 6.45) is 5.45. The Kier molecular flexibility index (Phi) is 7.74. The molecule has 0 aromatic heterocycles. The highest BCUT2D eigenvalue weighted by atomic mass is 16.6. The van der Waals surface area contributed by atoms with E-state index in [0.29, 0.717) is 18.7 Å². The first-order chi connectivity index (χ1) is 18.0. The largest absolute Gasteiger partial charge is 0.445 e. The van der Waals surface area contributed by atoms with Crippen molar-refractivity contribution < 1.29 is 19.1 Å². The maximum Gasteiger partial charge on any atom is 0.410 e. The van der Waals surface area contributed by atoms with Crippen LogP contribution >= 0.6 is 0 Å². The van der Waals surface area contributed by atoms with Crippen LogP contribution in [0.4, 0.5) is 10.5 Å². The van der Waals surface area contributed by atoms with Gasteiger partial charge in [0.15, 0.2) is 0 Å². The number of ether oxygens (including phenoxy) is 1. The third-order valence-electron chi connectivity index (χ3n) is 8.17. The number of anilines is 1. The zero-order valence-electron chi connectivity index (χ0n) is 21.1. The predicted octanol–water partition coefficient (Wildman–Crippen LogP) is 3.77. The number of nitrogens with two attached hydrogens (primary N) is 1. The summed E-state index contributed by atoms with van der Waals surface area (Å²) < 4.78 is 5.63. The second-order valence-electron chi connectivity index (χ2n) is 10.5. The molecule has 196 valence electrons. The molecule has 2 aromatic carbocycles. The Morgan fingerprint density at radius 2 is 1.59 bits per heavy atom. The number of nitrogens with one attached hydrogen (secondary N) is 1.